The molecule has 5 rings (SSSR count). The Labute approximate surface area is 172 Å². The number of nitriles is 1. The topological polar surface area (TPSA) is 108 Å². The third kappa shape index (κ3) is 2.72. The number of benzene rings is 1. The van der Waals surface area contributed by atoms with Gasteiger partial charge in [-0.15, -0.1) is 0 Å². The highest BCUT2D eigenvalue weighted by molar-refractivity contribution is 5.69. The molecule has 1 aliphatic heterocycles. The van der Waals surface area contributed by atoms with Crippen molar-refractivity contribution in [2.45, 2.75) is 5.92 Å². The first-order valence-electron chi connectivity index (χ1n) is 9.31. The Morgan fingerprint density at radius 2 is 1.97 bits per heavy atom. The predicted octanol–water partition coefficient (Wildman–Crippen LogP) is 2.89. The van der Waals surface area contributed by atoms with Crippen LogP contribution in [-0.2, 0) is 7.05 Å². The Bertz CT molecular complexity index is 1280. The largest absolute Gasteiger partial charge is 0.422 e. The van der Waals surface area contributed by atoms with Gasteiger partial charge in [-0.2, -0.15) is 10.4 Å². The number of pyridine rings is 1. The van der Waals surface area contributed by atoms with Gasteiger partial charge >= 0.3 is 0 Å². The number of allylic oxidation sites excluding steroid dienone is 1. The molecule has 146 valence electrons. The summed E-state index contributed by atoms with van der Waals surface area (Å²) in [5.41, 5.74) is 10.5. The first kappa shape index (κ1) is 17.7. The minimum atomic E-state index is -0.415. The molecule has 30 heavy (non-hydrogen) atoms. The first-order valence-corrected chi connectivity index (χ1v) is 9.31. The van der Waals surface area contributed by atoms with E-state index in [9.17, 15) is 5.26 Å². The summed E-state index contributed by atoms with van der Waals surface area (Å²) in [7, 11) is 1.79. The van der Waals surface area contributed by atoms with E-state index in [-0.39, 0.29) is 5.88 Å². The van der Waals surface area contributed by atoms with Crippen LogP contribution in [0.3, 0.4) is 0 Å². The van der Waals surface area contributed by atoms with E-state index in [1.807, 2.05) is 53.2 Å². The van der Waals surface area contributed by atoms with Crippen LogP contribution in [0.15, 0.2) is 78.8 Å². The van der Waals surface area contributed by atoms with Crippen LogP contribution < -0.4 is 10.5 Å². The van der Waals surface area contributed by atoms with Crippen molar-refractivity contribution in [1.29, 1.82) is 5.26 Å². The lowest BCUT2D eigenvalue weighted by Crippen LogP contribution is -2.21. The van der Waals surface area contributed by atoms with Gasteiger partial charge in [0, 0.05) is 31.3 Å². The molecule has 0 saturated heterocycles. The number of aromatic nitrogens is 5. The second-order valence-electron chi connectivity index (χ2n) is 6.89. The van der Waals surface area contributed by atoms with E-state index in [1.165, 1.54) is 0 Å². The molecule has 1 unspecified atom stereocenters. The second-order valence-corrected chi connectivity index (χ2v) is 6.89. The van der Waals surface area contributed by atoms with Crippen LogP contribution in [0.5, 0.6) is 5.88 Å². The Morgan fingerprint density at radius 3 is 2.63 bits per heavy atom. The summed E-state index contributed by atoms with van der Waals surface area (Å²) >= 11 is 0. The average Bonchev–Trinajstić information content (AvgIpc) is 3.42. The molecule has 1 atom stereocenters. The van der Waals surface area contributed by atoms with Crippen LogP contribution in [-0.4, -0.2) is 24.3 Å². The first-order chi connectivity index (χ1) is 14.7. The van der Waals surface area contributed by atoms with Gasteiger partial charge in [-0.3, -0.25) is 4.98 Å². The number of nitrogens with two attached hydrogens (primary N) is 1. The molecule has 8 nitrogen and oxygen atoms in total. The smallest absolute Gasteiger partial charge is 0.224 e. The zero-order valence-electron chi connectivity index (χ0n) is 16.1. The summed E-state index contributed by atoms with van der Waals surface area (Å²) in [5, 5.41) is 14.5. The van der Waals surface area contributed by atoms with Gasteiger partial charge in [-0.1, -0.05) is 18.2 Å². The van der Waals surface area contributed by atoms with E-state index in [2.05, 4.69) is 21.1 Å². The number of hydrogen-bond donors (Lipinski definition) is 1. The van der Waals surface area contributed by atoms with Gasteiger partial charge in [0.1, 0.15) is 17.3 Å². The van der Waals surface area contributed by atoms with E-state index >= 15 is 0 Å². The average molecular weight is 395 g/mol. The van der Waals surface area contributed by atoms with E-state index in [4.69, 9.17) is 10.5 Å². The van der Waals surface area contributed by atoms with Gasteiger partial charge in [-0.05, 0) is 29.8 Å². The molecule has 0 saturated carbocycles. The second kappa shape index (κ2) is 6.90. The van der Waals surface area contributed by atoms with Gasteiger partial charge in [0.2, 0.25) is 11.8 Å². The summed E-state index contributed by atoms with van der Waals surface area (Å²) in [6.45, 7) is 0. The van der Waals surface area contributed by atoms with Crippen molar-refractivity contribution in [3.8, 4) is 29.0 Å². The highest BCUT2D eigenvalue weighted by Gasteiger charge is 2.36. The minimum Gasteiger partial charge on any atom is -0.422 e. The molecular formula is C22H17N7O. The molecule has 0 aliphatic carbocycles. The fourth-order valence-electron chi connectivity index (χ4n) is 3.75. The third-order valence-corrected chi connectivity index (χ3v) is 5.14. The Balaban J connectivity index is 1.69. The standard InChI is InChI=1S/C22H17N7O/c1-28-22-19(20(27-28)17-4-2-3-9-26-17)18(16(12-23)21(24)30-22)14-5-7-15(8-6-14)29-11-10-25-13-29/h2-11,13,18H,24H2,1H3. The van der Waals surface area contributed by atoms with Crippen molar-refractivity contribution in [2.75, 3.05) is 0 Å². The lowest BCUT2D eigenvalue weighted by Gasteiger charge is -2.25. The number of hydrogen-bond acceptors (Lipinski definition) is 6. The van der Waals surface area contributed by atoms with Crippen LogP contribution in [0.4, 0.5) is 0 Å². The number of rotatable bonds is 3. The highest BCUT2D eigenvalue weighted by Crippen LogP contribution is 2.46. The van der Waals surface area contributed by atoms with Crippen molar-refractivity contribution >= 4 is 0 Å². The fraction of sp³-hybridized carbons (Fsp3) is 0.0909. The fourth-order valence-corrected chi connectivity index (χ4v) is 3.75. The van der Waals surface area contributed by atoms with E-state index in [1.54, 1.807) is 30.5 Å². The molecule has 1 aliphatic rings. The zero-order chi connectivity index (χ0) is 20.7. The van der Waals surface area contributed by atoms with E-state index in [0.29, 0.717) is 22.8 Å². The zero-order valence-corrected chi connectivity index (χ0v) is 16.1. The monoisotopic (exact) mass is 395 g/mol. The summed E-state index contributed by atoms with van der Waals surface area (Å²) < 4.78 is 9.34. The van der Waals surface area contributed by atoms with Crippen LogP contribution in [0.1, 0.15) is 17.0 Å². The third-order valence-electron chi connectivity index (χ3n) is 5.14. The van der Waals surface area contributed by atoms with Gasteiger partial charge in [0.05, 0.1) is 23.5 Å². The van der Waals surface area contributed by atoms with Crippen LogP contribution >= 0.6 is 0 Å². The molecule has 4 heterocycles. The Morgan fingerprint density at radius 1 is 1.13 bits per heavy atom. The molecule has 8 heteroatoms. The maximum absolute atomic E-state index is 9.87. The number of fused-ring (bicyclic) bond motifs is 1. The minimum absolute atomic E-state index is 0.0873. The molecule has 4 aromatic rings. The molecule has 3 aromatic heterocycles. The Hall–Kier alpha value is -4.38. The number of aryl methyl sites for hydroxylation is 1. The molecule has 0 spiro atoms. The highest BCUT2D eigenvalue weighted by atomic mass is 16.5. The van der Waals surface area contributed by atoms with Gasteiger partial charge in [0.15, 0.2) is 0 Å². The Kier molecular flexibility index (Phi) is 4.07. The van der Waals surface area contributed by atoms with Gasteiger partial charge in [-0.25, -0.2) is 9.67 Å². The molecule has 0 amide bonds. The molecule has 1 aromatic carbocycles. The van der Waals surface area contributed by atoms with Gasteiger partial charge < -0.3 is 15.0 Å². The van der Waals surface area contributed by atoms with Crippen molar-refractivity contribution in [2.24, 2.45) is 12.8 Å². The molecule has 0 fully saturated rings. The quantitative estimate of drug-likeness (QED) is 0.571. The lowest BCUT2D eigenvalue weighted by atomic mass is 9.83. The maximum atomic E-state index is 9.87. The lowest BCUT2D eigenvalue weighted by molar-refractivity contribution is 0.358. The van der Waals surface area contributed by atoms with E-state index in [0.717, 1.165) is 16.8 Å². The maximum Gasteiger partial charge on any atom is 0.224 e. The molecular weight excluding hydrogens is 378 g/mol. The number of imidazole rings is 1. The molecule has 0 radical (unpaired) electrons. The van der Waals surface area contributed by atoms with Crippen molar-refractivity contribution in [3.63, 3.8) is 0 Å². The predicted molar refractivity (Wildman–Crippen MR) is 109 cm³/mol. The van der Waals surface area contributed by atoms with E-state index < -0.39 is 5.92 Å². The summed E-state index contributed by atoms with van der Waals surface area (Å²) in [5.74, 6) is 0.182. The van der Waals surface area contributed by atoms with Crippen LogP contribution in [0.2, 0.25) is 0 Å². The van der Waals surface area contributed by atoms with Crippen LogP contribution in [0.25, 0.3) is 17.1 Å². The number of nitrogens with zero attached hydrogens (tertiary/aromatic N) is 6. The summed E-state index contributed by atoms with van der Waals surface area (Å²) in [6, 6.07) is 15.8. The molecule has 2 N–H and O–H groups in total. The SMILES string of the molecule is Cn1nc(-c2ccccn2)c2c1OC(N)=C(C#N)C2c1ccc(-n2ccnc2)cc1. The van der Waals surface area contributed by atoms with Gasteiger partial charge in [0.25, 0.3) is 0 Å². The summed E-state index contributed by atoms with van der Waals surface area (Å²) in [4.78, 5) is 8.53. The molecule has 0 bridgehead atoms. The van der Waals surface area contributed by atoms with Crippen molar-refractivity contribution in [1.82, 2.24) is 24.3 Å². The van der Waals surface area contributed by atoms with Crippen molar-refractivity contribution in [3.05, 3.63) is 90.0 Å². The normalized spacial score (nSPS) is 15.4. The summed E-state index contributed by atoms with van der Waals surface area (Å²) in [6.07, 6.45) is 7.05. The van der Waals surface area contributed by atoms with Crippen LogP contribution in [0, 0.1) is 11.3 Å². The number of ether oxygens (including phenoxy) is 1. The van der Waals surface area contributed by atoms with Crippen molar-refractivity contribution < 1.29 is 4.74 Å².